The molecule has 6 aromatic rings. The van der Waals surface area contributed by atoms with Gasteiger partial charge in [0, 0.05) is 40.2 Å². The van der Waals surface area contributed by atoms with Crippen molar-refractivity contribution in [3.05, 3.63) is 85.1 Å². The Morgan fingerprint density at radius 3 is 2.70 bits per heavy atom. The first-order chi connectivity index (χ1) is 18.1. The molecule has 1 saturated carbocycles. The normalized spacial score (nSPS) is 13.3. The number of fused-ring (bicyclic) bond motifs is 2. The minimum absolute atomic E-state index is 0.0497. The van der Waals surface area contributed by atoms with E-state index in [-0.39, 0.29) is 17.6 Å². The lowest BCUT2D eigenvalue weighted by atomic mass is 10.0. The van der Waals surface area contributed by atoms with Crippen LogP contribution in [-0.4, -0.2) is 31.1 Å². The molecular weight excluding hydrogens is 467 g/mol. The molecule has 37 heavy (non-hydrogen) atoms. The number of hydrogen-bond acceptors (Lipinski definition) is 4. The molecule has 0 unspecified atom stereocenters. The maximum Gasteiger partial charge on any atom is 0.227 e. The van der Waals surface area contributed by atoms with Crippen molar-refractivity contribution in [1.29, 1.82) is 0 Å². The molecule has 7 nitrogen and oxygen atoms in total. The summed E-state index contributed by atoms with van der Waals surface area (Å²) in [6, 6.07) is 18.5. The third kappa shape index (κ3) is 3.83. The minimum Gasteiger partial charge on any atom is -0.338 e. The number of hydrogen-bond donors (Lipinski definition) is 3. The Kier molecular flexibility index (Phi) is 4.85. The van der Waals surface area contributed by atoms with Gasteiger partial charge in [-0.3, -0.25) is 14.9 Å². The van der Waals surface area contributed by atoms with Gasteiger partial charge in [0.25, 0.3) is 0 Å². The van der Waals surface area contributed by atoms with Gasteiger partial charge in [-0.05, 0) is 60.4 Å². The minimum atomic E-state index is -0.281. The monoisotopic (exact) mass is 488 g/mol. The predicted molar refractivity (Wildman–Crippen MR) is 141 cm³/mol. The van der Waals surface area contributed by atoms with Crippen LogP contribution < -0.4 is 5.32 Å². The highest BCUT2D eigenvalue weighted by atomic mass is 19.1. The molecule has 8 heteroatoms. The number of H-pyrrole nitrogens is 2. The van der Waals surface area contributed by atoms with Crippen LogP contribution in [0.15, 0.2) is 79.3 Å². The number of benzene rings is 2. The third-order valence-corrected chi connectivity index (χ3v) is 6.80. The van der Waals surface area contributed by atoms with Crippen molar-refractivity contribution in [3.8, 4) is 33.6 Å². The van der Waals surface area contributed by atoms with Gasteiger partial charge >= 0.3 is 0 Å². The van der Waals surface area contributed by atoms with Crippen molar-refractivity contribution in [2.24, 2.45) is 5.92 Å². The number of aromatic amines is 2. The SMILES string of the molecule is O=C(Nc1cncc(-c2ccc3[nH]nc(-c4cc5c(-c6ccccc6F)ccnc5[nH]4)c3c2)c1)C1CC1. The van der Waals surface area contributed by atoms with Crippen LogP contribution in [0.2, 0.25) is 0 Å². The van der Waals surface area contributed by atoms with Gasteiger partial charge in [0.2, 0.25) is 5.91 Å². The molecule has 0 saturated heterocycles. The first kappa shape index (κ1) is 21.4. The van der Waals surface area contributed by atoms with Gasteiger partial charge < -0.3 is 10.3 Å². The molecule has 3 N–H and O–H groups in total. The van der Waals surface area contributed by atoms with E-state index in [1.807, 2.05) is 42.5 Å². The molecule has 4 heterocycles. The van der Waals surface area contributed by atoms with E-state index < -0.39 is 0 Å². The summed E-state index contributed by atoms with van der Waals surface area (Å²) in [5, 5.41) is 12.4. The molecule has 2 aromatic carbocycles. The van der Waals surface area contributed by atoms with Gasteiger partial charge in [-0.1, -0.05) is 24.3 Å². The number of amides is 1. The van der Waals surface area contributed by atoms with Crippen LogP contribution in [0.4, 0.5) is 10.1 Å². The molecule has 0 atom stereocenters. The van der Waals surface area contributed by atoms with E-state index in [2.05, 4.69) is 30.5 Å². The molecule has 0 radical (unpaired) electrons. The molecule has 0 aliphatic heterocycles. The molecule has 4 aromatic heterocycles. The van der Waals surface area contributed by atoms with E-state index in [1.165, 1.54) is 6.07 Å². The van der Waals surface area contributed by atoms with Gasteiger partial charge in [-0.2, -0.15) is 5.10 Å². The first-order valence-corrected chi connectivity index (χ1v) is 12.1. The van der Waals surface area contributed by atoms with E-state index in [0.29, 0.717) is 16.9 Å². The largest absolute Gasteiger partial charge is 0.338 e. The summed E-state index contributed by atoms with van der Waals surface area (Å²) in [5.74, 6) is -0.108. The summed E-state index contributed by atoms with van der Waals surface area (Å²) >= 11 is 0. The quantitative estimate of drug-likeness (QED) is 0.264. The number of nitrogens with one attached hydrogen (secondary N) is 3. The summed E-state index contributed by atoms with van der Waals surface area (Å²) in [4.78, 5) is 24.3. The number of carbonyl (C=O) groups is 1. The van der Waals surface area contributed by atoms with Crippen LogP contribution >= 0.6 is 0 Å². The van der Waals surface area contributed by atoms with E-state index in [1.54, 1.807) is 30.7 Å². The van der Waals surface area contributed by atoms with Gasteiger partial charge in [0.05, 0.1) is 23.1 Å². The smallest absolute Gasteiger partial charge is 0.227 e. The van der Waals surface area contributed by atoms with Gasteiger partial charge in [0.1, 0.15) is 17.2 Å². The molecular formula is C29H21FN6O. The molecule has 1 aliphatic carbocycles. The van der Waals surface area contributed by atoms with E-state index in [0.717, 1.165) is 57.2 Å². The zero-order chi connectivity index (χ0) is 24.9. The van der Waals surface area contributed by atoms with Gasteiger partial charge in [-0.15, -0.1) is 0 Å². The highest BCUT2D eigenvalue weighted by Crippen LogP contribution is 2.36. The van der Waals surface area contributed by atoms with Crippen molar-refractivity contribution >= 4 is 33.5 Å². The lowest BCUT2D eigenvalue weighted by molar-refractivity contribution is -0.117. The molecule has 1 fully saturated rings. The van der Waals surface area contributed by atoms with Crippen LogP contribution in [0.5, 0.6) is 0 Å². The number of pyridine rings is 2. The number of halogens is 1. The molecule has 1 amide bonds. The van der Waals surface area contributed by atoms with Crippen molar-refractivity contribution in [1.82, 2.24) is 25.1 Å². The van der Waals surface area contributed by atoms with E-state index in [9.17, 15) is 9.18 Å². The van der Waals surface area contributed by atoms with Gasteiger partial charge in [0.15, 0.2) is 0 Å². The Morgan fingerprint density at radius 2 is 1.84 bits per heavy atom. The van der Waals surface area contributed by atoms with Crippen LogP contribution in [0, 0.1) is 11.7 Å². The van der Waals surface area contributed by atoms with Crippen molar-refractivity contribution < 1.29 is 9.18 Å². The number of nitrogens with zero attached hydrogens (tertiary/aromatic N) is 3. The summed E-state index contributed by atoms with van der Waals surface area (Å²) in [6.45, 7) is 0. The van der Waals surface area contributed by atoms with Crippen molar-refractivity contribution in [2.45, 2.75) is 12.8 Å². The third-order valence-electron chi connectivity index (χ3n) is 6.80. The fraction of sp³-hybridized carbons (Fsp3) is 0.103. The number of rotatable bonds is 5. The first-order valence-electron chi connectivity index (χ1n) is 12.1. The zero-order valence-electron chi connectivity index (χ0n) is 19.6. The molecule has 7 rings (SSSR count). The summed E-state index contributed by atoms with van der Waals surface area (Å²) < 4.78 is 14.6. The lowest BCUT2D eigenvalue weighted by Crippen LogP contribution is -2.13. The van der Waals surface area contributed by atoms with Crippen molar-refractivity contribution in [3.63, 3.8) is 0 Å². The highest BCUT2D eigenvalue weighted by molar-refractivity contribution is 6.01. The number of carbonyl (C=O) groups excluding carboxylic acids is 1. The van der Waals surface area contributed by atoms with Gasteiger partial charge in [-0.25, -0.2) is 9.37 Å². The molecule has 1 aliphatic rings. The summed E-state index contributed by atoms with van der Waals surface area (Å²) in [7, 11) is 0. The highest BCUT2D eigenvalue weighted by Gasteiger charge is 2.29. The average molecular weight is 489 g/mol. The van der Waals surface area contributed by atoms with Crippen LogP contribution in [-0.2, 0) is 4.79 Å². The fourth-order valence-electron chi connectivity index (χ4n) is 4.72. The second-order valence-corrected chi connectivity index (χ2v) is 9.34. The van der Waals surface area contributed by atoms with Crippen LogP contribution in [0.1, 0.15) is 12.8 Å². The Bertz CT molecular complexity index is 1820. The lowest BCUT2D eigenvalue weighted by Gasteiger charge is -2.07. The van der Waals surface area contributed by atoms with E-state index in [4.69, 9.17) is 0 Å². The summed E-state index contributed by atoms with van der Waals surface area (Å²) in [5.41, 5.74) is 6.87. The number of aromatic nitrogens is 5. The number of anilines is 1. The Balaban J connectivity index is 1.29. The molecule has 180 valence electrons. The fourth-order valence-corrected chi connectivity index (χ4v) is 4.72. The second-order valence-electron chi connectivity index (χ2n) is 9.34. The maximum absolute atomic E-state index is 14.6. The van der Waals surface area contributed by atoms with Crippen LogP contribution in [0.3, 0.4) is 0 Å². The second kappa shape index (κ2) is 8.37. The topological polar surface area (TPSA) is 99.3 Å². The Labute approximate surface area is 210 Å². The Hall–Kier alpha value is -4.85. The molecule has 0 bridgehead atoms. The predicted octanol–water partition coefficient (Wildman–Crippen LogP) is 6.32. The molecule has 0 spiro atoms. The average Bonchev–Trinajstić information content (AvgIpc) is 3.55. The Morgan fingerprint density at radius 1 is 0.946 bits per heavy atom. The van der Waals surface area contributed by atoms with Crippen LogP contribution in [0.25, 0.3) is 55.6 Å². The maximum atomic E-state index is 14.6. The standard InChI is InChI=1S/C29H21FN6O/c30-24-4-2-1-3-21(24)20-9-10-32-28-22(20)13-26(34-28)27-23-12-17(7-8-25(23)35-36-27)18-11-19(15-31-14-18)33-29(37)16-5-6-16/h1-4,7-16H,5-6H2,(H,32,34)(H,33,37)(H,35,36). The zero-order valence-corrected chi connectivity index (χ0v) is 19.6. The van der Waals surface area contributed by atoms with Crippen molar-refractivity contribution in [2.75, 3.05) is 5.32 Å². The van der Waals surface area contributed by atoms with E-state index >= 15 is 0 Å². The summed E-state index contributed by atoms with van der Waals surface area (Å²) in [6.07, 6.45) is 7.01.